The van der Waals surface area contributed by atoms with Crippen LogP contribution in [0.4, 0.5) is 8.78 Å². The van der Waals surface area contributed by atoms with E-state index in [2.05, 4.69) is 20.6 Å². The first kappa shape index (κ1) is 18.4. The highest BCUT2D eigenvalue weighted by Gasteiger charge is 2.22. The molecule has 1 amide bonds. The number of nitrogens with one attached hydrogen (secondary N) is 1. The normalized spacial score (nSPS) is 10.7. The molecule has 2 aromatic heterocycles. The van der Waals surface area contributed by atoms with Crippen molar-refractivity contribution in [2.24, 2.45) is 0 Å². The molecular weight excluding hydrogens is 376 g/mol. The molecule has 0 unspecified atom stereocenters. The van der Waals surface area contributed by atoms with Crippen LogP contribution in [0.2, 0.25) is 0 Å². The first-order chi connectivity index (χ1) is 14.1. The third-order valence-electron chi connectivity index (χ3n) is 4.28. The Morgan fingerprint density at radius 3 is 2.17 bits per heavy atom. The van der Waals surface area contributed by atoms with Gasteiger partial charge in [-0.2, -0.15) is 0 Å². The standard InChI is InChI=1S/C21H15F2N5O/c22-16-3-1-14(2-4-16)13-25-21(29)19-20(15-9-11-24-12-10-15)28(27-26-19)18-7-5-17(23)6-8-18/h1-12H,13H2,(H,25,29). The quantitative estimate of drug-likeness (QED) is 0.565. The Hall–Kier alpha value is -3.94. The van der Waals surface area contributed by atoms with Gasteiger partial charge in [-0.05, 0) is 54.1 Å². The Kier molecular flexibility index (Phi) is 5.07. The van der Waals surface area contributed by atoms with Crippen LogP contribution < -0.4 is 5.32 Å². The molecule has 4 rings (SSSR count). The van der Waals surface area contributed by atoms with Gasteiger partial charge in [-0.3, -0.25) is 9.78 Å². The van der Waals surface area contributed by atoms with Gasteiger partial charge in [0, 0.05) is 24.5 Å². The maximum Gasteiger partial charge on any atom is 0.274 e. The average Bonchev–Trinajstić information content (AvgIpc) is 3.19. The lowest BCUT2D eigenvalue weighted by Gasteiger charge is -2.09. The molecule has 2 heterocycles. The highest BCUT2D eigenvalue weighted by Crippen LogP contribution is 2.25. The molecule has 0 fully saturated rings. The second-order valence-corrected chi connectivity index (χ2v) is 6.22. The van der Waals surface area contributed by atoms with Gasteiger partial charge in [0.25, 0.3) is 5.91 Å². The van der Waals surface area contributed by atoms with E-state index < -0.39 is 5.91 Å². The third kappa shape index (κ3) is 4.01. The molecule has 2 aromatic carbocycles. The van der Waals surface area contributed by atoms with E-state index in [4.69, 9.17) is 0 Å². The summed E-state index contributed by atoms with van der Waals surface area (Å²) < 4.78 is 27.8. The van der Waals surface area contributed by atoms with E-state index in [-0.39, 0.29) is 23.9 Å². The summed E-state index contributed by atoms with van der Waals surface area (Å²) >= 11 is 0. The largest absolute Gasteiger partial charge is 0.346 e. The van der Waals surface area contributed by atoms with Crippen molar-refractivity contribution in [3.05, 3.63) is 95.9 Å². The topological polar surface area (TPSA) is 72.7 Å². The fourth-order valence-electron chi connectivity index (χ4n) is 2.83. The average molecular weight is 391 g/mol. The molecule has 0 aliphatic heterocycles. The second-order valence-electron chi connectivity index (χ2n) is 6.22. The van der Waals surface area contributed by atoms with Gasteiger partial charge >= 0.3 is 0 Å². The number of rotatable bonds is 5. The maximum absolute atomic E-state index is 13.3. The van der Waals surface area contributed by atoms with E-state index >= 15 is 0 Å². The summed E-state index contributed by atoms with van der Waals surface area (Å²) in [6.07, 6.45) is 3.19. The Labute approximate surface area is 164 Å². The van der Waals surface area contributed by atoms with Crippen molar-refractivity contribution < 1.29 is 13.6 Å². The Morgan fingerprint density at radius 2 is 1.52 bits per heavy atom. The lowest BCUT2D eigenvalue weighted by molar-refractivity contribution is 0.0946. The molecular formula is C21H15F2N5O. The molecule has 4 aromatic rings. The molecule has 0 saturated carbocycles. The number of halogens is 2. The molecule has 0 atom stereocenters. The number of carbonyl (C=O) groups is 1. The Morgan fingerprint density at radius 1 is 0.897 bits per heavy atom. The summed E-state index contributed by atoms with van der Waals surface area (Å²) in [6, 6.07) is 15.0. The molecule has 1 N–H and O–H groups in total. The minimum absolute atomic E-state index is 0.114. The van der Waals surface area contributed by atoms with Crippen molar-refractivity contribution in [1.29, 1.82) is 0 Å². The zero-order valence-electron chi connectivity index (χ0n) is 15.1. The van der Waals surface area contributed by atoms with Crippen LogP contribution in [0.5, 0.6) is 0 Å². The molecule has 0 aliphatic rings. The number of aromatic nitrogens is 4. The second kappa shape index (κ2) is 7.97. The SMILES string of the molecule is O=C(NCc1ccc(F)cc1)c1nnn(-c2ccc(F)cc2)c1-c1ccncc1. The predicted molar refractivity (Wildman–Crippen MR) is 102 cm³/mol. The zero-order valence-corrected chi connectivity index (χ0v) is 15.1. The van der Waals surface area contributed by atoms with Crippen LogP contribution >= 0.6 is 0 Å². The smallest absolute Gasteiger partial charge is 0.274 e. The predicted octanol–water partition coefficient (Wildman–Crippen LogP) is 3.54. The van der Waals surface area contributed by atoms with Crippen LogP contribution in [0.3, 0.4) is 0 Å². The summed E-state index contributed by atoms with van der Waals surface area (Å²) in [5.41, 5.74) is 2.55. The number of benzene rings is 2. The van der Waals surface area contributed by atoms with E-state index in [1.807, 2.05) is 0 Å². The monoisotopic (exact) mass is 391 g/mol. The number of amides is 1. The number of hydrogen-bond acceptors (Lipinski definition) is 4. The van der Waals surface area contributed by atoms with Crippen LogP contribution in [0, 0.1) is 11.6 Å². The molecule has 29 heavy (non-hydrogen) atoms. The van der Waals surface area contributed by atoms with Crippen molar-refractivity contribution in [2.75, 3.05) is 0 Å². The first-order valence-electron chi connectivity index (χ1n) is 8.76. The zero-order chi connectivity index (χ0) is 20.2. The van der Waals surface area contributed by atoms with E-state index in [1.54, 1.807) is 48.8 Å². The summed E-state index contributed by atoms with van der Waals surface area (Å²) in [5, 5.41) is 10.9. The molecule has 144 valence electrons. The fourth-order valence-corrected chi connectivity index (χ4v) is 2.83. The molecule has 0 aliphatic carbocycles. The molecule has 0 saturated heterocycles. The molecule has 6 nitrogen and oxygen atoms in total. The van der Waals surface area contributed by atoms with Crippen molar-refractivity contribution in [1.82, 2.24) is 25.3 Å². The van der Waals surface area contributed by atoms with Gasteiger partial charge in [0.15, 0.2) is 5.69 Å². The van der Waals surface area contributed by atoms with Gasteiger partial charge in [-0.1, -0.05) is 17.3 Å². The molecule has 0 radical (unpaired) electrons. The van der Waals surface area contributed by atoms with Crippen molar-refractivity contribution >= 4 is 5.91 Å². The Bertz CT molecular complexity index is 1130. The third-order valence-corrected chi connectivity index (χ3v) is 4.28. The van der Waals surface area contributed by atoms with Gasteiger partial charge in [0.1, 0.15) is 17.3 Å². The lowest BCUT2D eigenvalue weighted by atomic mass is 10.1. The summed E-state index contributed by atoms with van der Waals surface area (Å²) in [4.78, 5) is 16.8. The van der Waals surface area contributed by atoms with Crippen LogP contribution in [0.1, 0.15) is 16.1 Å². The van der Waals surface area contributed by atoms with E-state index in [1.165, 1.54) is 28.9 Å². The van der Waals surface area contributed by atoms with Crippen LogP contribution in [-0.2, 0) is 6.54 Å². The van der Waals surface area contributed by atoms with E-state index in [0.717, 1.165) is 5.56 Å². The molecule has 0 bridgehead atoms. The van der Waals surface area contributed by atoms with Crippen molar-refractivity contribution in [3.8, 4) is 16.9 Å². The van der Waals surface area contributed by atoms with E-state index in [9.17, 15) is 13.6 Å². The van der Waals surface area contributed by atoms with E-state index in [0.29, 0.717) is 16.9 Å². The minimum atomic E-state index is -0.436. The van der Waals surface area contributed by atoms with Gasteiger partial charge in [-0.25, -0.2) is 13.5 Å². The lowest BCUT2D eigenvalue weighted by Crippen LogP contribution is -2.24. The van der Waals surface area contributed by atoms with Gasteiger partial charge < -0.3 is 5.32 Å². The van der Waals surface area contributed by atoms with Crippen LogP contribution in [0.15, 0.2) is 73.1 Å². The highest BCUT2D eigenvalue weighted by molar-refractivity contribution is 5.98. The number of carbonyl (C=O) groups excluding carboxylic acids is 1. The van der Waals surface area contributed by atoms with Gasteiger partial charge in [-0.15, -0.1) is 5.10 Å². The highest BCUT2D eigenvalue weighted by atomic mass is 19.1. The number of nitrogens with zero attached hydrogens (tertiary/aromatic N) is 4. The van der Waals surface area contributed by atoms with Gasteiger partial charge in [0.2, 0.25) is 0 Å². The summed E-state index contributed by atoms with van der Waals surface area (Å²) in [7, 11) is 0. The fraction of sp³-hybridized carbons (Fsp3) is 0.0476. The first-order valence-corrected chi connectivity index (χ1v) is 8.76. The van der Waals surface area contributed by atoms with Crippen molar-refractivity contribution in [2.45, 2.75) is 6.54 Å². The molecule has 8 heteroatoms. The summed E-state index contributed by atoms with van der Waals surface area (Å²) in [5.74, 6) is -1.16. The summed E-state index contributed by atoms with van der Waals surface area (Å²) in [6.45, 7) is 0.207. The minimum Gasteiger partial charge on any atom is -0.346 e. The van der Waals surface area contributed by atoms with Crippen LogP contribution in [-0.4, -0.2) is 25.9 Å². The Balaban J connectivity index is 1.68. The number of pyridine rings is 1. The maximum atomic E-state index is 13.3. The van der Waals surface area contributed by atoms with Gasteiger partial charge in [0.05, 0.1) is 5.69 Å². The van der Waals surface area contributed by atoms with Crippen molar-refractivity contribution in [3.63, 3.8) is 0 Å². The number of hydrogen-bond donors (Lipinski definition) is 1. The molecule has 0 spiro atoms. The van der Waals surface area contributed by atoms with Crippen LogP contribution in [0.25, 0.3) is 16.9 Å².